The molecule has 0 bridgehead atoms. The number of nitrogens with zero attached hydrogens (tertiary/aromatic N) is 2. The molecular formula is C28H25F3N2O3. The number of halogens is 3. The summed E-state index contributed by atoms with van der Waals surface area (Å²) in [5.41, 5.74) is 2.79. The third-order valence-corrected chi connectivity index (χ3v) is 6.42. The fourth-order valence-electron chi connectivity index (χ4n) is 4.22. The van der Waals surface area contributed by atoms with Crippen LogP contribution in [-0.2, 0) is 15.8 Å². The molecule has 1 saturated heterocycles. The van der Waals surface area contributed by atoms with Crippen LogP contribution in [0.25, 0.3) is 5.76 Å². The van der Waals surface area contributed by atoms with E-state index in [0.29, 0.717) is 11.1 Å². The van der Waals surface area contributed by atoms with E-state index in [0.717, 1.165) is 46.0 Å². The maximum absolute atomic E-state index is 13.2. The molecule has 4 rings (SSSR count). The molecule has 1 fully saturated rings. The summed E-state index contributed by atoms with van der Waals surface area (Å²) < 4.78 is 39.4. The standard InChI is InChI=1S/C28H25F3N2O3/c1-16-5-6-19(15-17(16)2)25(34)23-24(18-7-11-21(12-8-18)32(3)4)33(27(36)26(23)35)22-13-9-20(10-14-22)28(29,30)31/h5-15,24,34H,1-4H3/b25-23-. The van der Waals surface area contributed by atoms with Crippen molar-refractivity contribution in [3.63, 3.8) is 0 Å². The molecule has 1 atom stereocenters. The summed E-state index contributed by atoms with van der Waals surface area (Å²) in [6.07, 6.45) is -4.54. The summed E-state index contributed by atoms with van der Waals surface area (Å²) in [4.78, 5) is 29.5. The first kappa shape index (κ1) is 25.0. The first-order valence-corrected chi connectivity index (χ1v) is 11.2. The van der Waals surface area contributed by atoms with Crippen molar-refractivity contribution in [1.82, 2.24) is 0 Å². The number of hydrogen-bond donors (Lipinski definition) is 1. The molecule has 3 aromatic carbocycles. The van der Waals surface area contributed by atoms with E-state index in [1.807, 2.05) is 32.8 Å². The lowest BCUT2D eigenvalue weighted by atomic mass is 9.94. The monoisotopic (exact) mass is 494 g/mol. The number of ketones is 1. The van der Waals surface area contributed by atoms with Crippen LogP contribution in [-0.4, -0.2) is 30.9 Å². The average molecular weight is 495 g/mol. The molecule has 0 radical (unpaired) electrons. The van der Waals surface area contributed by atoms with Gasteiger partial charge in [0.2, 0.25) is 0 Å². The lowest BCUT2D eigenvalue weighted by molar-refractivity contribution is -0.137. The van der Waals surface area contributed by atoms with Gasteiger partial charge in [-0.1, -0.05) is 24.3 Å². The molecule has 186 valence electrons. The van der Waals surface area contributed by atoms with E-state index in [1.54, 1.807) is 42.5 Å². The quantitative estimate of drug-likeness (QED) is 0.274. The Kier molecular flexibility index (Phi) is 6.39. The first-order valence-electron chi connectivity index (χ1n) is 11.2. The highest BCUT2D eigenvalue weighted by molar-refractivity contribution is 6.51. The number of amides is 1. The number of Topliss-reactive ketones (excluding diaryl/α,β-unsaturated/α-hetero) is 1. The third kappa shape index (κ3) is 4.46. The fraction of sp³-hybridized carbons (Fsp3) is 0.214. The second-order valence-corrected chi connectivity index (χ2v) is 9.00. The van der Waals surface area contributed by atoms with Gasteiger partial charge in [-0.3, -0.25) is 14.5 Å². The Morgan fingerprint density at radius 2 is 1.50 bits per heavy atom. The van der Waals surface area contributed by atoms with E-state index < -0.39 is 29.5 Å². The van der Waals surface area contributed by atoms with Gasteiger partial charge in [0.15, 0.2) is 0 Å². The SMILES string of the molecule is Cc1ccc(/C(O)=C2/C(=O)C(=O)N(c3ccc(C(F)(F)F)cc3)C2c2ccc(N(C)C)cc2)cc1C. The van der Waals surface area contributed by atoms with Crippen molar-refractivity contribution in [2.75, 3.05) is 23.9 Å². The van der Waals surface area contributed by atoms with E-state index >= 15 is 0 Å². The molecule has 1 aliphatic rings. The zero-order valence-corrected chi connectivity index (χ0v) is 20.2. The molecule has 3 aromatic rings. The van der Waals surface area contributed by atoms with Crippen LogP contribution in [0, 0.1) is 13.8 Å². The smallest absolute Gasteiger partial charge is 0.416 e. The molecule has 1 unspecified atom stereocenters. The van der Waals surface area contributed by atoms with Gasteiger partial charge >= 0.3 is 6.18 Å². The van der Waals surface area contributed by atoms with Crippen LogP contribution in [0.4, 0.5) is 24.5 Å². The van der Waals surface area contributed by atoms with Crippen LogP contribution in [0.5, 0.6) is 0 Å². The van der Waals surface area contributed by atoms with Crippen molar-refractivity contribution in [3.8, 4) is 0 Å². The van der Waals surface area contributed by atoms with E-state index in [1.165, 1.54) is 0 Å². The number of hydrogen-bond acceptors (Lipinski definition) is 4. The van der Waals surface area contributed by atoms with Crippen molar-refractivity contribution in [1.29, 1.82) is 0 Å². The van der Waals surface area contributed by atoms with Crippen molar-refractivity contribution in [2.45, 2.75) is 26.1 Å². The Bertz CT molecular complexity index is 1360. The maximum atomic E-state index is 13.2. The Morgan fingerprint density at radius 3 is 2.03 bits per heavy atom. The highest BCUT2D eigenvalue weighted by atomic mass is 19.4. The number of carbonyl (C=O) groups excluding carboxylic acids is 2. The minimum Gasteiger partial charge on any atom is -0.507 e. The van der Waals surface area contributed by atoms with E-state index in [-0.39, 0.29) is 17.0 Å². The number of anilines is 2. The van der Waals surface area contributed by atoms with Crippen LogP contribution in [0.1, 0.15) is 33.9 Å². The number of carbonyl (C=O) groups is 2. The van der Waals surface area contributed by atoms with Crippen molar-refractivity contribution in [2.24, 2.45) is 0 Å². The number of rotatable bonds is 4. The summed E-state index contributed by atoms with van der Waals surface area (Å²) in [5.74, 6) is -2.18. The Labute approximate surface area is 207 Å². The summed E-state index contributed by atoms with van der Waals surface area (Å²) in [7, 11) is 3.73. The van der Waals surface area contributed by atoms with Crippen molar-refractivity contribution < 1.29 is 27.9 Å². The van der Waals surface area contributed by atoms with Gasteiger partial charge in [0, 0.05) is 31.0 Å². The van der Waals surface area contributed by atoms with Crippen LogP contribution < -0.4 is 9.80 Å². The normalized spacial score (nSPS) is 17.5. The lowest BCUT2D eigenvalue weighted by Gasteiger charge is -2.26. The van der Waals surface area contributed by atoms with Crippen LogP contribution >= 0.6 is 0 Å². The van der Waals surface area contributed by atoms with Crippen molar-refractivity contribution in [3.05, 3.63) is 100 Å². The third-order valence-electron chi connectivity index (χ3n) is 6.42. The molecule has 1 amide bonds. The van der Waals surface area contributed by atoms with E-state index in [2.05, 4.69) is 0 Å². The van der Waals surface area contributed by atoms with Gasteiger partial charge in [-0.05, 0) is 73.0 Å². The number of benzene rings is 3. The molecule has 1 aliphatic heterocycles. The highest BCUT2D eigenvalue weighted by Crippen LogP contribution is 2.43. The van der Waals surface area contributed by atoms with Crippen LogP contribution in [0.15, 0.2) is 72.3 Å². The minimum absolute atomic E-state index is 0.117. The van der Waals surface area contributed by atoms with E-state index in [4.69, 9.17) is 0 Å². The molecular weight excluding hydrogens is 469 g/mol. The minimum atomic E-state index is -4.54. The molecule has 0 saturated carbocycles. The average Bonchev–Trinajstić information content (AvgIpc) is 3.10. The predicted octanol–water partition coefficient (Wildman–Crippen LogP) is 6.01. The van der Waals surface area contributed by atoms with Gasteiger partial charge < -0.3 is 10.0 Å². The largest absolute Gasteiger partial charge is 0.507 e. The molecule has 5 nitrogen and oxygen atoms in total. The highest BCUT2D eigenvalue weighted by Gasteiger charge is 2.47. The number of aliphatic hydroxyl groups excluding tert-OH is 1. The Hall–Kier alpha value is -4.07. The summed E-state index contributed by atoms with van der Waals surface area (Å²) in [6, 6.07) is 15.3. The number of alkyl halides is 3. The Morgan fingerprint density at radius 1 is 0.889 bits per heavy atom. The van der Waals surface area contributed by atoms with Gasteiger partial charge in [0.25, 0.3) is 11.7 Å². The van der Waals surface area contributed by atoms with Gasteiger partial charge in [0.05, 0.1) is 17.2 Å². The van der Waals surface area contributed by atoms with Crippen LogP contribution in [0.2, 0.25) is 0 Å². The summed E-state index contributed by atoms with van der Waals surface area (Å²) in [5, 5.41) is 11.2. The summed E-state index contributed by atoms with van der Waals surface area (Å²) >= 11 is 0. The van der Waals surface area contributed by atoms with Gasteiger partial charge in [-0.25, -0.2) is 0 Å². The Balaban J connectivity index is 1.91. The van der Waals surface area contributed by atoms with Crippen molar-refractivity contribution >= 4 is 28.8 Å². The van der Waals surface area contributed by atoms with E-state index in [9.17, 15) is 27.9 Å². The number of aryl methyl sites for hydroxylation is 2. The zero-order valence-electron chi connectivity index (χ0n) is 20.2. The molecule has 0 aliphatic carbocycles. The van der Waals surface area contributed by atoms with Gasteiger partial charge in [-0.2, -0.15) is 13.2 Å². The predicted molar refractivity (Wildman–Crippen MR) is 133 cm³/mol. The van der Waals surface area contributed by atoms with Gasteiger partial charge in [-0.15, -0.1) is 0 Å². The first-order chi connectivity index (χ1) is 16.9. The topological polar surface area (TPSA) is 60.9 Å². The lowest BCUT2D eigenvalue weighted by Crippen LogP contribution is -2.29. The summed E-state index contributed by atoms with van der Waals surface area (Å²) in [6.45, 7) is 3.78. The molecule has 36 heavy (non-hydrogen) atoms. The molecule has 0 aromatic heterocycles. The maximum Gasteiger partial charge on any atom is 0.416 e. The second kappa shape index (κ2) is 9.18. The molecule has 1 N–H and O–H groups in total. The molecule has 8 heteroatoms. The molecule has 0 spiro atoms. The molecule has 1 heterocycles. The van der Waals surface area contributed by atoms with Crippen LogP contribution in [0.3, 0.4) is 0 Å². The van der Waals surface area contributed by atoms with Gasteiger partial charge in [0.1, 0.15) is 5.76 Å². The zero-order chi connectivity index (χ0) is 26.4. The second-order valence-electron chi connectivity index (χ2n) is 9.00. The fourth-order valence-corrected chi connectivity index (χ4v) is 4.22. The number of aliphatic hydroxyl groups is 1.